The molecule has 0 radical (unpaired) electrons. The van der Waals surface area contributed by atoms with Crippen molar-refractivity contribution < 1.29 is 87.2 Å². The van der Waals surface area contributed by atoms with Crippen molar-refractivity contribution in [1.82, 2.24) is 54.9 Å². The molecule has 0 spiro atoms. The van der Waals surface area contributed by atoms with Crippen LogP contribution in [0.3, 0.4) is 0 Å². The van der Waals surface area contributed by atoms with Crippen molar-refractivity contribution in [3.8, 4) is 58.4 Å². The van der Waals surface area contributed by atoms with Gasteiger partial charge in [-0.3, -0.25) is 24.8 Å². The number of nitriles is 2. The van der Waals surface area contributed by atoms with Crippen LogP contribution in [0.4, 0.5) is 11.9 Å². The number of terminal acetylenes is 1. The smallest absolute Gasteiger partial charge is 0.396 e. The molecule has 0 aliphatic rings. The number of alkyl halides is 3. The van der Waals surface area contributed by atoms with Crippen LogP contribution in [0, 0.1) is 35.0 Å². The summed E-state index contributed by atoms with van der Waals surface area (Å²) < 4.78 is 17.5. The number of anilines is 2. The molecule has 7 aromatic heterocycles. The van der Waals surface area contributed by atoms with Gasteiger partial charge in [-0.1, -0.05) is 85.6 Å². The van der Waals surface area contributed by atoms with Gasteiger partial charge in [0.05, 0.1) is 137 Å². The summed E-state index contributed by atoms with van der Waals surface area (Å²) in [6, 6.07) is 44.7. The quantitative estimate of drug-likeness (QED) is 0.0115. The summed E-state index contributed by atoms with van der Waals surface area (Å²) in [5.41, 5.74) is 45.5. The predicted octanol–water partition coefficient (Wildman–Crippen LogP) is 8.50. The zero-order chi connectivity index (χ0) is 78.0. The van der Waals surface area contributed by atoms with Gasteiger partial charge in [-0.25, -0.2) is 24.6 Å². The third-order valence-corrected chi connectivity index (χ3v) is 12.0. The Morgan fingerprint density at radius 2 is 0.906 bits per heavy atom. The minimum Gasteiger partial charge on any atom is -0.396 e. The molecule has 33 nitrogen and oxygen atoms in total. The number of pyridine rings is 4. The molecule has 0 fully saturated rings. The molecule has 0 amide bonds. The maximum atomic E-state index is 9.13. The van der Waals surface area contributed by atoms with Gasteiger partial charge in [0.2, 0.25) is 11.9 Å². The number of methoxy groups -OCH3 is 1. The van der Waals surface area contributed by atoms with Crippen LogP contribution in [-0.2, 0) is 103 Å². The van der Waals surface area contributed by atoms with Crippen LogP contribution in [-0.4, -0.2) is 112 Å². The Morgan fingerprint density at radius 3 is 1.31 bits per heavy atom. The number of carbonyl (C=O) groups excluding carboxylic acids is 8. The first-order chi connectivity index (χ1) is 50.4. The number of halogens is 4. The van der Waals surface area contributed by atoms with Crippen LogP contribution >= 0.6 is 47.2 Å². The molecule has 0 atom stereocenters. The number of azide groups is 1. The van der Waals surface area contributed by atoms with Gasteiger partial charge in [-0.05, 0) is 110 Å². The summed E-state index contributed by atoms with van der Waals surface area (Å²) in [6.07, 6.45) is 11.0. The second-order valence-electron chi connectivity index (χ2n) is 18.8. The molecule has 0 aliphatic carbocycles. The molecule has 106 heavy (non-hydrogen) atoms. The number of benzene rings is 2. The first-order valence-corrected chi connectivity index (χ1v) is 31.4. The van der Waals surface area contributed by atoms with Crippen molar-refractivity contribution >= 4 is 83.7 Å². The fourth-order valence-corrected chi connectivity index (χ4v) is 7.69. The van der Waals surface area contributed by atoms with Crippen molar-refractivity contribution in [3.63, 3.8) is 0 Å². The summed E-state index contributed by atoms with van der Waals surface area (Å²) >= 11 is 16.8. The number of aliphatic hydroxyl groups excluding tert-OH is 1. The molecular formula is C68H70Cl4N21NaO12. The van der Waals surface area contributed by atoms with Crippen molar-refractivity contribution in [2.24, 2.45) is 5.11 Å². The van der Waals surface area contributed by atoms with Gasteiger partial charge in [0, 0.05) is 48.7 Å². The largest absolute Gasteiger partial charge is 1.00 e. The molecule has 2 aromatic carbocycles. The van der Waals surface area contributed by atoms with E-state index in [1.165, 1.54) is 4.91 Å². The van der Waals surface area contributed by atoms with Crippen LogP contribution in [0.2, 0.25) is 0 Å². The SMILES string of the molecule is C#Cc1cc(-c2cccc(C#N)c2)nc(N)n1.CCCO.CCCOCc1cccc(CCl)n1.CCCOCc1cccc(CN=[N+]=[N-])n1.COCc1cccc(Cn2cc(-c3cc(-c4cccc(C#N)c4)nc(N)n3)nn2)n1.Cl.ClCc1cccc(CCl)n1.O=C=O.O=C=O.O=C=O.O=C=O.[N-]=[N+]=[N-].[Na+]. The second-order valence-corrected chi connectivity index (χ2v) is 19.6. The standard InChI is InChI=1S/C21H18N8O.C13H8N4.C10H14ClNO.C10H14N4O.C7H7Cl2N.C3H8O.4CO2.ClH.N3.Na/c1-30-13-17-7-3-6-16(24-17)11-29-12-20(27-28-29)19-9-18(25-21(23)26-19)15-5-2-4-14(8-15)10-22;1-2-11-7-12(17-13(15)16-11)10-5-3-4-9(6-10)8-14;1-2-6-13-8-10-5-3-4-9(7-11)12-10;1-2-6-15-8-10-5-3-4-9(13-10)7-12-14-11;8-4-6-2-1-3-7(5-9)10-6;1-2-3-4;4*2-1-3;;1-3-2;/h2-9,12H,11,13H2,1H3,(H2,23,25,26);1,3-7H,(H2,15,16,17);3-5H,2,6-8H2,1H3;3-5H,2,6-8H2,1H3;1-3H,4-5H2;4H,2-3H2,1H3;;;;;1H;;/q;;;;;;;;;;;-1;+1. The van der Waals surface area contributed by atoms with E-state index in [0.29, 0.717) is 90.2 Å². The third-order valence-electron chi connectivity index (χ3n) is 11.2. The number of nitrogen functional groups attached to an aromatic ring is 2. The van der Waals surface area contributed by atoms with E-state index in [4.69, 9.17) is 137 Å². The number of rotatable bonds is 21. The monoisotopic (exact) mass is 1540 g/mol. The molecule has 0 bridgehead atoms. The molecule has 7 heterocycles. The molecule has 548 valence electrons. The van der Waals surface area contributed by atoms with Crippen LogP contribution in [0.1, 0.15) is 102 Å². The van der Waals surface area contributed by atoms with E-state index in [0.717, 1.165) is 89.2 Å². The summed E-state index contributed by atoms with van der Waals surface area (Å²) in [5.74, 6) is 4.01. The van der Waals surface area contributed by atoms with Gasteiger partial charge >= 0.3 is 54.2 Å². The number of aliphatic hydroxyl groups is 1. The van der Waals surface area contributed by atoms with E-state index in [9.17, 15) is 0 Å². The van der Waals surface area contributed by atoms with E-state index in [2.05, 4.69) is 92.1 Å². The Morgan fingerprint density at radius 1 is 0.538 bits per heavy atom. The van der Waals surface area contributed by atoms with Gasteiger partial charge in [0.1, 0.15) is 11.4 Å². The van der Waals surface area contributed by atoms with Gasteiger partial charge < -0.3 is 41.8 Å². The Kier molecular flexibility index (Phi) is 64.9. The number of nitrogens with two attached hydrogens (primary N) is 2. The van der Waals surface area contributed by atoms with Crippen LogP contribution in [0.15, 0.2) is 145 Å². The van der Waals surface area contributed by atoms with Crippen molar-refractivity contribution in [1.29, 1.82) is 10.5 Å². The zero-order valence-corrected chi connectivity index (χ0v) is 63.0. The maximum Gasteiger partial charge on any atom is 1.00 e. The number of ether oxygens (including phenoxy) is 3. The van der Waals surface area contributed by atoms with Crippen molar-refractivity contribution in [2.75, 3.05) is 38.4 Å². The second kappa shape index (κ2) is 68.1. The summed E-state index contributed by atoms with van der Waals surface area (Å²) in [4.78, 5) is 103. The molecule has 9 rings (SSSR count). The molecule has 9 aromatic rings. The maximum absolute atomic E-state index is 9.13. The fourth-order valence-electron chi connectivity index (χ4n) is 7.24. The molecule has 5 N–H and O–H groups in total. The first-order valence-electron chi connectivity index (χ1n) is 29.8. The van der Waals surface area contributed by atoms with E-state index in [1.807, 2.05) is 91.9 Å². The summed E-state index contributed by atoms with van der Waals surface area (Å²) in [5, 5.41) is 37.7. The Balaban J connectivity index is -0.000000598. The zero-order valence-electron chi connectivity index (χ0n) is 57.9. The van der Waals surface area contributed by atoms with Crippen LogP contribution in [0.25, 0.3) is 60.3 Å². The average molecular weight is 1540 g/mol. The molecule has 0 saturated heterocycles. The average Bonchev–Trinajstić information content (AvgIpc) is 1.58. The first kappa shape index (κ1) is 101. The molecule has 0 saturated carbocycles. The van der Waals surface area contributed by atoms with Crippen molar-refractivity contribution in [2.45, 2.75) is 90.6 Å². The van der Waals surface area contributed by atoms with Gasteiger partial charge in [-0.15, -0.1) is 58.7 Å². The topological polar surface area (TPSA) is 525 Å². The molecule has 38 heteroatoms. The Bertz CT molecular complexity index is 4230. The van der Waals surface area contributed by atoms with Gasteiger partial charge in [0.25, 0.3) is 0 Å². The number of aromatic nitrogens is 11. The van der Waals surface area contributed by atoms with Crippen molar-refractivity contribution in [3.05, 3.63) is 228 Å². The molecule has 0 unspecified atom stereocenters. The van der Waals surface area contributed by atoms with Crippen LogP contribution < -0.4 is 41.0 Å². The van der Waals surface area contributed by atoms with E-state index in [1.54, 1.807) is 66.5 Å². The number of hydrogen-bond acceptors (Lipinski definition) is 27. The summed E-state index contributed by atoms with van der Waals surface area (Å²) in [6.45, 7) is 10.2. The summed E-state index contributed by atoms with van der Waals surface area (Å²) in [7, 11) is 1.64. The number of nitrogens with zero attached hydrogens (tertiary/aromatic N) is 19. The predicted molar refractivity (Wildman–Crippen MR) is 383 cm³/mol. The van der Waals surface area contributed by atoms with E-state index in [-0.39, 0.29) is 85.0 Å². The Labute approximate surface area is 652 Å². The normalized spacial score (nSPS) is 8.73. The minimum atomic E-state index is 0. The fraction of sp³-hybridized carbons (Fsp3) is 0.265. The molecule has 0 aliphatic heterocycles. The van der Waals surface area contributed by atoms with E-state index < -0.39 is 0 Å². The minimum absolute atomic E-state index is 0. The van der Waals surface area contributed by atoms with Gasteiger partial charge in [-0.2, -0.15) is 48.9 Å². The number of hydrogen-bond donors (Lipinski definition) is 3. The Hall–Kier alpha value is -11.4. The van der Waals surface area contributed by atoms with Crippen LogP contribution in [0.5, 0.6) is 0 Å². The van der Waals surface area contributed by atoms with E-state index >= 15 is 0 Å². The van der Waals surface area contributed by atoms with Gasteiger partial charge in [0.15, 0.2) is 0 Å². The molecular weight excluding hydrogens is 1470 g/mol. The third kappa shape index (κ3) is 47.7.